The third-order valence-corrected chi connectivity index (χ3v) is 7.94. The number of aliphatic hydroxyl groups excluding tert-OH is 21. The van der Waals surface area contributed by atoms with Gasteiger partial charge in [0.05, 0.1) is 92.5 Å². The van der Waals surface area contributed by atoms with Crippen LogP contribution in [0.5, 0.6) is 0 Å². The SMILES string of the molecule is CCCCCCCCCCCCCCCCCCCCCC(=O)O.OCC(O)CO.OCC(O)CO.OCC(O)CO.OCC(O)CO.OCC(O)CO.OCC(O)CO.OCC(O)CO. The lowest BCUT2D eigenvalue weighted by molar-refractivity contribution is -0.137. The summed E-state index contributed by atoms with van der Waals surface area (Å²) < 4.78 is 0. The average molecular weight is 985 g/mol. The largest absolute Gasteiger partial charge is 0.481 e. The van der Waals surface area contributed by atoms with Crippen LogP contribution >= 0.6 is 0 Å². The monoisotopic (exact) mass is 985 g/mol. The van der Waals surface area contributed by atoms with E-state index >= 15 is 0 Å². The summed E-state index contributed by atoms with van der Waals surface area (Å²) in [6, 6.07) is 0. The zero-order valence-electron chi connectivity index (χ0n) is 39.8. The van der Waals surface area contributed by atoms with Gasteiger partial charge in [0.1, 0.15) is 42.7 Å². The predicted octanol–water partition coefficient (Wildman–Crippen LogP) is -3.78. The molecule has 0 aromatic carbocycles. The topological polar surface area (TPSA) is 462 Å². The summed E-state index contributed by atoms with van der Waals surface area (Å²) in [6.45, 7) is -2.82. The maximum absolute atomic E-state index is 10.4. The van der Waals surface area contributed by atoms with E-state index in [1.807, 2.05) is 0 Å². The van der Waals surface area contributed by atoms with Gasteiger partial charge in [0.15, 0.2) is 0 Å². The Bertz CT molecular complexity index is 655. The first kappa shape index (κ1) is 81.6. The van der Waals surface area contributed by atoms with Crippen molar-refractivity contribution >= 4 is 5.97 Å². The minimum absolute atomic E-state index is 0.346. The second-order valence-corrected chi connectivity index (χ2v) is 14.6. The van der Waals surface area contributed by atoms with E-state index < -0.39 is 48.7 Å². The van der Waals surface area contributed by atoms with Crippen LogP contribution in [0.4, 0.5) is 0 Å². The van der Waals surface area contributed by atoms with Crippen LogP contribution in [0, 0.1) is 0 Å². The predicted molar refractivity (Wildman–Crippen MR) is 247 cm³/mol. The lowest BCUT2D eigenvalue weighted by atomic mass is 10.0. The van der Waals surface area contributed by atoms with Crippen LogP contribution in [0.2, 0.25) is 0 Å². The molecule has 66 heavy (non-hydrogen) atoms. The number of aliphatic carboxylic acids is 1. The molecule has 0 aromatic rings. The Kier molecular flexibility index (Phi) is 96.2. The Labute approximate surface area is 393 Å². The van der Waals surface area contributed by atoms with Gasteiger partial charge in [-0.05, 0) is 6.42 Å². The van der Waals surface area contributed by atoms with E-state index in [0.29, 0.717) is 6.42 Å². The number of rotatable bonds is 34. The van der Waals surface area contributed by atoms with Gasteiger partial charge in [-0.2, -0.15) is 0 Å². The lowest BCUT2D eigenvalue weighted by Crippen LogP contribution is -2.15. The Morgan fingerprint density at radius 1 is 0.258 bits per heavy atom. The van der Waals surface area contributed by atoms with E-state index in [2.05, 4.69) is 6.92 Å². The number of hydrogen-bond acceptors (Lipinski definition) is 22. The zero-order chi connectivity index (χ0) is 52.7. The summed E-state index contributed by atoms with van der Waals surface area (Å²) in [5, 5.41) is 177. The van der Waals surface area contributed by atoms with E-state index in [1.54, 1.807) is 0 Å². The highest BCUT2D eigenvalue weighted by Gasteiger charge is 1.99. The van der Waals surface area contributed by atoms with Crippen LogP contribution in [-0.2, 0) is 4.79 Å². The fourth-order valence-electron chi connectivity index (χ4n) is 3.76. The van der Waals surface area contributed by atoms with Crippen molar-refractivity contribution in [3.8, 4) is 0 Å². The number of carboxylic acids is 1. The van der Waals surface area contributed by atoms with Gasteiger partial charge in [-0.1, -0.05) is 122 Å². The van der Waals surface area contributed by atoms with Crippen molar-refractivity contribution in [2.45, 2.75) is 178 Å². The maximum Gasteiger partial charge on any atom is 0.303 e. The van der Waals surface area contributed by atoms with Crippen molar-refractivity contribution in [1.29, 1.82) is 0 Å². The van der Waals surface area contributed by atoms with Crippen LogP contribution in [0.3, 0.4) is 0 Å². The van der Waals surface area contributed by atoms with Crippen LogP contribution in [0.1, 0.15) is 135 Å². The van der Waals surface area contributed by atoms with Crippen molar-refractivity contribution in [1.82, 2.24) is 0 Å². The third kappa shape index (κ3) is 105. The highest BCUT2D eigenvalue weighted by molar-refractivity contribution is 5.66. The van der Waals surface area contributed by atoms with Crippen LogP contribution < -0.4 is 0 Å². The number of hydrogen-bond donors (Lipinski definition) is 22. The summed E-state index contributed by atoms with van der Waals surface area (Å²) in [4.78, 5) is 10.4. The molecular weight excluding hydrogens is 884 g/mol. The van der Waals surface area contributed by atoms with Gasteiger partial charge in [0.25, 0.3) is 0 Å². The van der Waals surface area contributed by atoms with Gasteiger partial charge in [0.2, 0.25) is 0 Å². The fraction of sp³-hybridized carbons (Fsp3) is 0.977. The molecule has 0 aliphatic carbocycles. The smallest absolute Gasteiger partial charge is 0.303 e. The molecule has 22 N–H and O–H groups in total. The minimum atomic E-state index is -0.954. The molecule has 23 heteroatoms. The van der Waals surface area contributed by atoms with E-state index in [1.165, 1.54) is 109 Å². The van der Waals surface area contributed by atoms with Crippen LogP contribution in [-0.4, -0.2) is 254 Å². The summed E-state index contributed by atoms with van der Waals surface area (Å²) >= 11 is 0. The molecule has 23 nitrogen and oxygen atoms in total. The molecule has 0 spiro atoms. The fourth-order valence-corrected chi connectivity index (χ4v) is 3.76. The van der Waals surface area contributed by atoms with Crippen molar-refractivity contribution in [3.05, 3.63) is 0 Å². The molecule has 0 aliphatic rings. The Hall–Kier alpha value is -1.37. The first-order valence-electron chi connectivity index (χ1n) is 22.9. The first-order chi connectivity index (χ1) is 31.4. The number of carbonyl (C=O) groups is 1. The molecule has 0 fully saturated rings. The molecule has 0 aliphatic heterocycles. The molecule has 0 heterocycles. The molecule has 0 atom stereocenters. The van der Waals surface area contributed by atoms with Crippen molar-refractivity contribution in [2.75, 3.05) is 92.5 Å². The van der Waals surface area contributed by atoms with E-state index in [4.69, 9.17) is 112 Å². The van der Waals surface area contributed by atoms with Gasteiger partial charge in [-0.15, -0.1) is 0 Å². The molecular formula is C43H100O23. The number of unbranched alkanes of at least 4 members (excludes halogenated alkanes) is 18. The number of carboxylic acid groups (broad SMARTS) is 1. The van der Waals surface area contributed by atoms with Crippen molar-refractivity contribution in [2.24, 2.45) is 0 Å². The van der Waals surface area contributed by atoms with Gasteiger partial charge < -0.3 is 112 Å². The molecule has 0 aromatic heterocycles. The Morgan fingerprint density at radius 2 is 0.379 bits per heavy atom. The summed E-state index contributed by atoms with van der Waals surface area (Å²) in [5.41, 5.74) is 0. The van der Waals surface area contributed by atoms with E-state index in [0.717, 1.165) is 12.8 Å². The van der Waals surface area contributed by atoms with Gasteiger partial charge in [0, 0.05) is 6.42 Å². The van der Waals surface area contributed by atoms with Gasteiger partial charge >= 0.3 is 5.97 Å². The van der Waals surface area contributed by atoms with Crippen LogP contribution in [0.25, 0.3) is 0 Å². The van der Waals surface area contributed by atoms with Crippen molar-refractivity contribution < 1.29 is 117 Å². The highest BCUT2D eigenvalue weighted by atomic mass is 16.4. The first-order valence-corrected chi connectivity index (χ1v) is 22.9. The maximum atomic E-state index is 10.4. The average Bonchev–Trinajstić information content (AvgIpc) is 3.36. The second-order valence-electron chi connectivity index (χ2n) is 14.6. The van der Waals surface area contributed by atoms with Gasteiger partial charge in [-0.25, -0.2) is 0 Å². The quantitative estimate of drug-likeness (QED) is 0.0275. The summed E-state index contributed by atoms with van der Waals surface area (Å²) in [7, 11) is 0. The molecule has 0 bridgehead atoms. The molecule has 0 saturated carbocycles. The lowest BCUT2D eigenvalue weighted by Gasteiger charge is -2.03. The Balaban J connectivity index is -0.000000109. The second kappa shape index (κ2) is 77.8. The molecule has 0 rings (SSSR count). The van der Waals surface area contributed by atoms with Crippen LogP contribution in [0.15, 0.2) is 0 Å². The number of aliphatic hydroxyl groups is 21. The molecule has 0 saturated heterocycles. The van der Waals surface area contributed by atoms with E-state index in [9.17, 15) is 4.79 Å². The summed E-state index contributed by atoms with van der Waals surface area (Å²) in [6.07, 6.45) is 19.4. The summed E-state index contributed by atoms with van der Waals surface area (Å²) in [5.74, 6) is -0.651. The van der Waals surface area contributed by atoms with Crippen molar-refractivity contribution in [3.63, 3.8) is 0 Å². The normalized spacial score (nSPS) is 10.4. The zero-order valence-corrected chi connectivity index (χ0v) is 39.8. The highest BCUT2D eigenvalue weighted by Crippen LogP contribution is 2.14. The molecule has 410 valence electrons. The Morgan fingerprint density at radius 3 is 0.470 bits per heavy atom. The van der Waals surface area contributed by atoms with E-state index in [-0.39, 0.29) is 92.5 Å². The molecule has 0 unspecified atom stereocenters. The molecule has 0 radical (unpaired) electrons. The standard InChI is InChI=1S/C22H44O2.7C3H8O3/c1-2-3-4-5-6-7-8-9-10-11-12-13-14-15-16-17-18-19-20-21-22(23)24;7*4-1-3(6)2-5/h2-21H2,1H3,(H,23,24);7*3-6H,1-2H2. The third-order valence-electron chi connectivity index (χ3n) is 7.94. The minimum Gasteiger partial charge on any atom is -0.481 e. The molecule has 0 amide bonds. The van der Waals surface area contributed by atoms with Gasteiger partial charge in [-0.3, -0.25) is 4.79 Å².